The predicted molar refractivity (Wildman–Crippen MR) is 66.3 cm³/mol. The van der Waals surface area contributed by atoms with Crippen molar-refractivity contribution in [1.29, 1.82) is 0 Å². The average Bonchev–Trinajstić information content (AvgIpc) is 2.25. The van der Waals surface area contributed by atoms with Gasteiger partial charge in [-0.15, -0.1) is 0 Å². The molecule has 0 aromatic rings. The van der Waals surface area contributed by atoms with Crippen molar-refractivity contribution in [3.8, 4) is 0 Å². The molecule has 1 aliphatic rings. The molecule has 0 amide bonds. The molecule has 90 valence electrons. The smallest absolute Gasteiger partial charge is 0.0109 e. The minimum Gasteiger partial charge on any atom is -0.314 e. The van der Waals surface area contributed by atoms with Gasteiger partial charge >= 0.3 is 0 Å². The fourth-order valence-corrected chi connectivity index (χ4v) is 2.05. The highest BCUT2D eigenvalue weighted by molar-refractivity contribution is 4.77. The summed E-state index contributed by atoms with van der Waals surface area (Å²) in [6.07, 6.45) is 3.90. The lowest BCUT2D eigenvalue weighted by atomic mass is 10.1. The van der Waals surface area contributed by atoms with E-state index in [1.165, 1.54) is 52.0 Å². The minimum atomic E-state index is 0.778. The molecule has 1 fully saturated rings. The topological polar surface area (TPSA) is 18.5 Å². The quantitative estimate of drug-likeness (QED) is 0.710. The Morgan fingerprint density at radius 3 is 2.47 bits per heavy atom. The van der Waals surface area contributed by atoms with Gasteiger partial charge in [-0.3, -0.25) is 0 Å². The van der Waals surface area contributed by atoms with Gasteiger partial charge in [-0.1, -0.05) is 6.92 Å². The molecule has 1 N–H and O–H groups in total. The highest BCUT2D eigenvalue weighted by atomic mass is 15.2. The van der Waals surface area contributed by atoms with Gasteiger partial charge in [0.05, 0.1) is 0 Å². The van der Waals surface area contributed by atoms with Crippen molar-refractivity contribution in [2.45, 2.75) is 32.2 Å². The van der Waals surface area contributed by atoms with E-state index in [1.807, 2.05) is 0 Å². The lowest BCUT2D eigenvalue weighted by Gasteiger charge is -2.33. The van der Waals surface area contributed by atoms with Gasteiger partial charge in [-0.05, 0) is 53.0 Å². The number of hydrogen-bond donors (Lipinski definition) is 1. The summed E-state index contributed by atoms with van der Waals surface area (Å²) in [7, 11) is 4.30. The second kappa shape index (κ2) is 7.20. The van der Waals surface area contributed by atoms with Crippen LogP contribution in [0, 0.1) is 0 Å². The first kappa shape index (κ1) is 12.9. The summed E-state index contributed by atoms with van der Waals surface area (Å²) in [5, 5.41) is 3.62. The summed E-state index contributed by atoms with van der Waals surface area (Å²) in [6.45, 7) is 8.38. The molecule has 0 aromatic carbocycles. The number of piperidine rings is 1. The van der Waals surface area contributed by atoms with Crippen molar-refractivity contribution in [3.05, 3.63) is 0 Å². The molecule has 3 nitrogen and oxygen atoms in total. The minimum absolute atomic E-state index is 0.778. The van der Waals surface area contributed by atoms with E-state index in [2.05, 4.69) is 36.1 Å². The van der Waals surface area contributed by atoms with Gasteiger partial charge < -0.3 is 15.1 Å². The van der Waals surface area contributed by atoms with Crippen molar-refractivity contribution in [3.63, 3.8) is 0 Å². The molecule has 0 bridgehead atoms. The molecule has 3 heteroatoms. The highest BCUT2D eigenvalue weighted by Gasteiger charge is 2.17. The first-order valence-corrected chi connectivity index (χ1v) is 6.33. The van der Waals surface area contributed by atoms with Crippen molar-refractivity contribution in [1.82, 2.24) is 15.1 Å². The van der Waals surface area contributed by atoms with Gasteiger partial charge in [-0.2, -0.15) is 0 Å². The molecule has 0 atom stereocenters. The normalized spacial score (nSPS) is 20.0. The van der Waals surface area contributed by atoms with Crippen LogP contribution >= 0.6 is 0 Å². The van der Waals surface area contributed by atoms with Crippen molar-refractivity contribution in [2.75, 3.05) is 46.8 Å². The summed E-state index contributed by atoms with van der Waals surface area (Å²) < 4.78 is 0. The van der Waals surface area contributed by atoms with Gasteiger partial charge in [0, 0.05) is 19.1 Å². The van der Waals surface area contributed by atoms with Crippen LogP contribution in [0.25, 0.3) is 0 Å². The lowest BCUT2D eigenvalue weighted by molar-refractivity contribution is 0.182. The fourth-order valence-electron chi connectivity index (χ4n) is 2.05. The fraction of sp³-hybridized carbons (Fsp3) is 1.00. The Bertz CT molecular complexity index is 151. The predicted octanol–water partition coefficient (Wildman–Crippen LogP) is 1.01. The molecule has 0 aliphatic carbocycles. The number of likely N-dealkylation sites (tertiary alicyclic amines) is 1. The third-order valence-corrected chi connectivity index (χ3v) is 3.13. The molecule has 0 unspecified atom stereocenters. The Morgan fingerprint density at radius 1 is 1.27 bits per heavy atom. The summed E-state index contributed by atoms with van der Waals surface area (Å²) in [5.74, 6) is 0. The number of rotatable bonds is 6. The van der Waals surface area contributed by atoms with E-state index in [1.54, 1.807) is 0 Å². The molecule has 0 saturated carbocycles. The molecule has 1 aliphatic heterocycles. The molecule has 1 heterocycles. The zero-order chi connectivity index (χ0) is 11.1. The molecule has 1 saturated heterocycles. The SMILES string of the molecule is CCCNC1CCN(CCN(C)C)CC1. The van der Waals surface area contributed by atoms with Crippen LogP contribution in [0.1, 0.15) is 26.2 Å². The third kappa shape index (κ3) is 5.50. The molecule has 0 aromatic heterocycles. The van der Waals surface area contributed by atoms with Gasteiger partial charge in [-0.25, -0.2) is 0 Å². The van der Waals surface area contributed by atoms with Crippen LogP contribution in [0.4, 0.5) is 0 Å². The molecule has 1 rings (SSSR count). The number of hydrogen-bond acceptors (Lipinski definition) is 3. The summed E-state index contributed by atoms with van der Waals surface area (Å²) in [4.78, 5) is 4.85. The van der Waals surface area contributed by atoms with Gasteiger partial charge in [0.1, 0.15) is 0 Å². The summed E-state index contributed by atoms with van der Waals surface area (Å²) in [5.41, 5.74) is 0. The first-order chi connectivity index (χ1) is 7.22. The zero-order valence-corrected chi connectivity index (χ0v) is 10.6. The van der Waals surface area contributed by atoms with Crippen molar-refractivity contribution < 1.29 is 0 Å². The number of nitrogens with one attached hydrogen (secondary N) is 1. The number of likely N-dealkylation sites (N-methyl/N-ethyl adjacent to an activating group) is 1. The molecule has 15 heavy (non-hydrogen) atoms. The van der Waals surface area contributed by atoms with E-state index in [4.69, 9.17) is 0 Å². The van der Waals surface area contributed by atoms with E-state index in [-0.39, 0.29) is 0 Å². The van der Waals surface area contributed by atoms with Crippen LogP contribution in [0.3, 0.4) is 0 Å². The maximum atomic E-state index is 3.62. The Kier molecular flexibility index (Phi) is 6.22. The summed E-state index contributed by atoms with van der Waals surface area (Å²) in [6, 6.07) is 0.778. The van der Waals surface area contributed by atoms with Crippen LogP contribution in [-0.4, -0.2) is 62.7 Å². The Morgan fingerprint density at radius 2 is 1.93 bits per heavy atom. The van der Waals surface area contributed by atoms with E-state index in [9.17, 15) is 0 Å². The third-order valence-electron chi connectivity index (χ3n) is 3.13. The molecule has 0 radical (unpaired) electrons. The maximum Gasteiger partial charge on any atom is 0.0109 e. The van der Waals surface area contributed by atoms with Crippen LogP contribution in [0.2, 0.25) is 0 Å². The van der Waals surface area contributed by atoms with Crippen LogP contribution in [0.5, 0.6) is 0 Å². The molecular formula is C12H27N3. The van der Waals surface area contributed by atoms with Crippen molar-refractivity contribution >= 4 is 0 Å². The number of nitrogens with zero attached hydrogens (tertiary/aromatic N) is 2. The molecule has 0 spiro atoms. The van der Waals surface area contributed by atoms with Crippen molar-refractivity contribution in [2.24, 2.45) is 0 Å². The summed E-state index contributed by atoms with van der Waals surface area (Å²) >= 11 is 0. The standard InChI is InChI=1S/C12H27N3/c1-4-7-13-12-5-8-15(9-6-12)11-10-14(2)3/h12-13H,4-11H2,1-3H3. The van der Waals surface area contributed by atoms with E-state index in [0.29, 0.717) is 0 Å². The second-order valence-corrected chi connectivity index (χ2v) is 4.87. The largest absolute Gasteiger partial charge is 0.314 e. The highest BCUT2D eigenvalue weighted by Crippen LogP contribution is 2.09. The van der Waals surface area contributed by atoms with Crippen LogP contribution in [-0.2, 0) is 0 Å². The Balaban J connectivity index is 2.07. The average molecular weight is 213 g/mol. The lowest BCUT2D eigenvalue weighted by Crippen LogP contribution is -2.44. The van der Waals surface area contributed by atoms with Gasteiger partial charge in [0.25, 0.3) is 0 Å². The second-order valence-electron chi connectivity index (χ2n) is 4.87. The van der Waals surface area contributed by atoms with E-state index < -0.39 is 0 Å². The van der Waals surface area contributed by atoms with Crippen LogP contribution < -0.4 is 5.32 Å². The van der Waals surface area contributed by atoms with Gasteiger partial charge in [0.15, 0.2) is 0 Å². The maximum absolute atomic E-state index is 3.62. The molecular weight excluding hydrogens is 186 g/mol. The zero-order valence-electron chi connectivity index (χ0n) is 10.6. The van der Waals surface area contributed by atoms with E-state index >= 15 is 0 Å². The Labute approximate surface area is 94.8 Å². The first-order valence-electron chi connectivity index (χ1n) is 6.33. The van der Waals surface area contributed by atoms with Crippen LogP contribution in [0.15, 0.2) is 0 Å². The Hall–Kier alpha value is -0.120. The monoisotopic (exact) mass is 213 g/mol. The van der Waals surface area contributed by atoms with Gasteiger partial charge in [0.2, 0.25) is 0 Å². The van der Waals surface area contributed by atoms with E-state index in [0.717, 1.165) is 6.04 Å².